The number of rotatable bonds is 8. The van der Waals surface area contributed by atoms with Crippen LogP contribution in [0.15, 0.2) is 18.2 Å². The Kier molecular flexibility index (Phi) is 6.28. The number of esters is 1. The Morgan fingerprint density at radius 3 is 2.79 bits per heavy atom. The Hall–Kier alpha value is -2.48. The molecule has 0 radical (unpaired) electrons. The van der Waals surface area contributed by atoms with Gasteiger partial charge in [0.05, 0.1) is 29.4 Å². The van der Waals surface area contributed by atoms with Crippen LogP contribution >= 0.6 is 11.6 Å². The lowest BCUT2D eigenvalue weighted by molar-refractivity contribution is -0.143. The number of hydrogen-bond donors (Lipinski definition) is 0. The quantitative estimate of drug-likeness (QED) is 0.627. The first-order chi connectivity index (χ1) is 13.4. The number of aromatic nitrogens is 3. The second kappa shape index (κ2) is 8.68. The van der Waals surface area contributed by atoms with Gasteiger partial charge in [-0.3, -0.25) is 9.59 Å². The van der Waals surface area contributed by atoms with Crippen molar-refractivity contribution in [2.24, 2.45) is 5.92 Å². The van der Waals surface area contributed by atoms with Crippen molar-refractivity contribution in [1.29, 1.82) is 0 Å². The third-order valence-electron chi connectivity index (χ3n) is 4.60. The molecule has 3 rings (SSSR count). The topological polar surface area (TPSA) is 77.3 Å². The second-order valence-corrected chi connectivity index (χ2v) is 7.19. The average Bonchev–Trinajstić information content (AvgIpc) is 3.40. The molecule has 0 N–H and O–H groups in total. The Labute approximate surface area is 167 Å². The Balaban J connectivity index is 1.79. The highest BCUT2D eigenvalue weighted by Gasteiger charge is 2.30. The van der Waals surface area contributed by atoms with Crippen LogP contribution in [0.2, 0.25) is 5.02 Å². The fourth-order valence-electron chi connectivity index (χ4n) is 2.89. The summed E-state index contributed by atoms with van der Waals surface area (Å²) in [5.41, 5.74) is 1.23. The molecule has 7 nitrogen and oxygen atoms in total. The van der Waals surface area contributed by atoms with E-state index in [1.807, 2.05) is 0 Å². The first kappa shape index (κ1) is 20.3. The van der Waals surface area contributed by atoms with Crippen LogP contribution in [0.1, 0.15) is 42.4 Å². The largest absolute Gasteiger partial charge is 0.466 e. The van der Waals surface area contributed by atoms with Gasteiger partial charge in [-0.25, -0.2) is 9.07 Å². The van der Waals surface area contributed by atoms with Crippen molar-refractivity contribution >= 4 is 23.5 Å². The van der Waals surface area contributed by atoms with Crippen molar-refractivity contribution in [3.63, 3.8) is 0 Å². The van der Waals surface area contributed by atoms with E-state index < -0.39 is 5.82 Å². The van der Waals surface area contributed by atoms with Crippen LogP contribution in [0.4, 0.5) is 4.39 Å². The molecule has 9 heteroatoms. The van der Waals surface area contributed by atoms with Gasteiger partial charge in [0.1, 0.15) is 5.82 Å². The summed E-state index contributed by atoms with van der Waals surface area (Å²) in [5.74, 6) is -0.697. The molecular formula is C19H22ClFN4O3. The van der Waals surface area contributed by atoms with Crippen molar-refractivity contribution < 1.29 is 18.7 Å². The molecule has 0 spiro atoms. The van der Waals surface area contributed by atoms with Gasteiger partial charge in [0, 0.05) is 13.1 Å². The average molecular weight is 409 g/mol. The second-order valence-electron chi connectivity index (χ2n) is 6.78. The number of amides is 1. The lowest BCUT2D eigenvalue weighted by Crippen LogP contribution is -2.35. The number of halogens is 2. The lowest BCUT2D eigenvalue weighted by Gasteiger charge is -2.21. The first-order valence-electron chi connectivity index (χ1n) is 9.23. The van der Waals surface area contributed by atoms with Gasteiger partial charge >= 0.3 is 5.97 Å². The minimum absolute atomic E-state index is 0.0370. The maximum absolute atomic E-state index is 13.4. The third-order valence-corrected chi connectivity index (χ3v) is 4.89. The SMILES string of the molecule is CCOC(=O)CCN(CC1CC1)C(=O)c1nnn(-c2ccc(F)c(Cl)c2)c1C. The molecule has 28 heavy (non-hydrogen) atoms. The van der Waals surface area contributed by atoms with Gasteiger partial charge in [-0.15, -0.1) is 5.10 Å². The van der Waals surface area contributed by atoms with Crippen LogP contribution < -0.4 is 0 Å². The van der Waals surface area contributed by atoms with Gasteiger partial charge in [0.25, 0.3) is 5.91 Å². The maximum atomic E-state index is 13.4. The van der Waals surface area contributed by atoms with Gasteiger partial charge in [-0.2, -0.15) is 0 Å². The lowest BCUT2D eigenvalue weighted by atomic mass is 10.2. The summed E-state index contributed by atoms with van der Waals surface area (Å²) in [6, 6.07) is 4.18. The molecule has 0 aliphatic heterocycles. The molecule has 1 aliphatic rings. The van der Waals surface area contributed by atoms with E-state index in [0.29, 0.717) is 30.5 Å². The van der Waals surface area contributed by atoms with Crippen molar-refractivity contribution in [3.05, 3.63) is 40.4 Å². The molecule has 1 heterocycles. The molecule has 1 fully saturated rings. The number of nitrogens with zero attached hydrogens (tertiary/aromatic N) is 4. The minimum atomic E-state index is -0.533. The monoisotopic (exact) mass is 408 g/mol. The summed E-state index contributed by atoms with van der Waals surface area (Å²) in [6.07, 6.45) is 2.28. The van der Waals surface area contributed by atoms with Crippen LogP contribution in [-0.4, -0.2) is 51.5 Å². The van der Waals surface area contributed by atoms with E-state index in [1.165, 1.54) is 22.9 Å². The van der Waals surface area contributed by atoms with Crippen LogP contribution in [0.25, 0.3) is 5.69 Å². The summed E-state index contributed by atoms with van der Waals surface area (Å²) in [5, 5.41) is 8.01. The van der Waals surface area contributed by atoms with Crippen molar-refractivity contribution in [2.75, 3.05) is 19.7 Å². The fourth-order valence-corrected chi connectivity index (χ4v) is 3.06. The first-order valence-corrected chi connectivity index (χ1v) is 9.61. The number of carbonyl (C=O) groups excluding carboxylic acids is 2. The standard InChI is InChI=1S/C19H22ClFN4O3/c1-3-28-17(26)8-9-24(11-13-4-5-13)19(27)18-12(2)25(23-22-18)14-6-7-16(21)15(20)10-14/h6-7,10,13H,3-5,8-9,11H2,1-2H3. The van der Waals surface area contributed by atoms with E-state index in [4.69, 9.17) is 16.3 Å². The number of carbonyl (C=O) groups is 2. The van der Waals surface area contributed by atoms with Crippen LogP contribution in [0, 0.1) is 18.7 Å². The molecule has 0 atom stereocenters. The summed E-state index contributed by atoms with van der Waals surface area (Å²) < 4.78 is 19.8. The predicted molar refractivity (Wildman–Crippen MR) is 101 cm³/mol. The molecule has 1 aliphatic carbocycles. The van der Waals surface area contributed by atoms with Crippen LogP contribution in [0.5, 0.6) is 0 Å². The molecular weight excluding hydrogens is 387 g/mol. The summed E-state index contributed by atoms with van der Waals surface area (Å²) >= 11 is 5.84. The van der Waals surface area contributed by atoms with Crippen molar-refractivity contribution in [2.45, 2.75) is 33.1 Å². The van der Waals surface area contributed by atoms with Gasteiger partial charge < -0.3 is 9.64 Å². The highest BCUT2D eigenvalue weighted by atomic mass is 35.5. The third kappa shape index (κ3) is 4.67. The molecule has 1 saturated carbocycles. The molecule has 0 bridgehead atoms. The number of ether oxygens (including phenoxy) is 1. The molecule has 2 aromatic rings. The van der Waals surface area contributed by atoms with Gasteiger partial charge in [-0.1, -0.05) is 16.8 Å². The van der Waals surface area contributed by atoms with Crippen LogP contribution in [-0.2, 0) is 9.53 Å². The molecule has 0 saturated heterocycles. The van der Waals surface area contributed by atoms with E-state index in [2.05, 4.69) is 10.3 Å². The molecule has 1 aromatic carbocycles. The molecule has 150 valence electrons. The van der Waals surface area contributed by atoms with Crippen LogP contribution in [0.3, 0.4) is 0 Å². The van der Waals surface area contributed by atoms with E-state index in [9.17, 15) is 14.0 Å². The molecule has 0 unspecified atom stereocenters. The number of hydrogen-bond acceptors (Lipinski definition) is 5. The maximum Gasteiger partial charge on any atom is 0.307 e. The van der Waals surface area contributed by atoms with Crippen molar-refractivity contribution in [1.82, 2.24) is 19.9 Å². The molecule has 1 amide bonds. The smallest absolute Gasteiger partial charge is 0.307 e. The zero-order chi connectivity index (χ0) is 20.3. The fraction of sp³-hybridized carbons (Fsp3) is 0.474. The highest BCUT2D eigenvalue weighted by molar-refractivity contribution is 6.30. The Morgan fingerprint density at radius 2 is 2.14 bits per heavy atom. The Bertz CT molecular complexity index is 882. The van der Waals surface area contributed by atoms with Gasteiger partial charge in [0.2, 0.25) is 0 Å². The molecule has 1 aromatic heterocycles. The predicted octanol–water partition coefficient (Wildman–Crippen LogP) is 3.17. The minimum Gasteiger partial charge on any atom is -0.466 e. The van der Waals surface area contributed by atoms with E-state index >= 15 is 0 Å². The normalized spacial score (nSPS) is 13.4. The number of benzene rings is 1. The highest BCUT2D eigenvalue weighted by Crippen LogP contribution is 2.30. The van der Waals surface area contributed by atoms with Crippen molar-refractivity contribution in [3.8, 4) is 5.69 Å². The zero-order valence-electron chi connectivity index (χ0n) is 15.8. The Morgan fingerprint density at radius 1 is 1.39 bits per heavy atom. The van der Waals surface area contributed by atoms with E-state index in [-0.39, 0.29) is 35.6 Å². The zero-order valence-corrected chi connectivity index (χ0v) is 16.6. The summed E-state index contributed by atoms with van der Waals surface area (Å²) in [6.45, 7) is 4.61. The van der Waals surface area contributed by atoms with E-state index in [0.717, 1.165) is 12.8 Å². The summed E-state index contributed by atoms with van der Waals surface area (Å²) in [4.78, 5) is 26.4. The van der Waals surface area contributed by atoms with E-state index in [1.54, 1.807) is 18.7 Å². The van der Waals surface area contributed by atoms with Gasteiger partial charge in [0.15, 0.2) is 5.69 Å². The van der Waals surface area contributed by atoms with Gasteiger partial charge in [-0.05, 0) is 50.8 Å². The summed E-state index contributed by atoms with van der Waals surface area (Å²) in [7, 11) is 0.